The number of nitrogens with one attached hydrogen (secondary N) is 4. The van der Waals surface area contributed by atoms with Gasteiger partial charge in [0.05, 0.1) is 6.04 Å². The molecule has 16 nitrogen and oxygen atoms in total. The maximum absolute atomic E-state index is 13.7. The Kier molecular flexibility index (Phi) is 14.6. The zero-order chi connectivity index (χ0) is 32.6. The highest BCUT2D eigenvalue weighted by Gasteiger charge is 2.31. The first kappa shape index (κ1) is 35.5. The number of H-pyrrole nitrogens is 1. The standard InChI is InChI=1S/C28H44N10O6/c29-12-4-3-9-20(25(41)37-21(27(43)44)10-11-23(31)39)36-26(42)22(14-16-15-35-19-8-2-1-6-17(16)19)38-24(40)18(30)7-5-13-34-28(32)33/h1-2,6,8,15,18,20-22,35H,3-5,7,9-14,29-30H2,(H2,31,39)(H,36,42)(H,37,41)(H,38,40)(H,43,44)(H4,32,33,34). The smallest absolute Gasteiger partial charge is 0.326 e. The molecule has 0 bridgehead atoms. The van der Waals surface area contributed by atoms with Gasteiger partial charge in [0, 0.05) is 36.5 Å². The van der Waals surface area contributed by atoms with Crippen LogP contribution in [0.25, 0.3) is 10.9 Å². The van der Waals surface area contributed by atoms with Crippen LogP contribution in [0, 0.1) is 0 Å². The van der Waals surface area contributed by atoms with Crippen LogP contribution in [0.2, 0.25) is 0 Å². The van der Waals surface area contributed by atoms with Gasteiger partial charge in [-0.05, 0) is 56.7 Å². The van der Waals surface area contributed by atoms with Crippen LogP contribution in [0.5, 0.6) is 0 Å². The first-order chi connectivity index (χ1) is 20.9. The lowest BCUT2D eigenvalue weighted by Crippen LogP contribution is -2.57. The molecular weight excluding hydrogens is 572 g/mol. The maximum atomic E-state index is 13.7. The highest BCUT2D eigenvalue weighted by Crippen LogP contribution is 2.19. The molecule has 0 fully saturated rings. The van der Waals surface area contributed by atoms with Gasteiger partial charge in [0.15, 0.2) is 5.96 Å². The van der Waals surface area contributed by atoms with E-state index in [4.69, 9.17) is 28.7 Å². The average Bonchev–Trinajstić information content (AvgIpc) is 3.38. The van der Waals surface area contributed by atoms with E-state index in [1.165, 1.54) is 0 Å². The van der Waals surface area contributed by atoms with Crippen molar-refractivity contribution in [1.29, 1.82) is 0 Å². The minimum Gasteiger partial charge on any atom is -0.480 e. The number of nitrogens with two attached hydrogens (primary N) is 5. The Morgan fingerprint density at radius 3 is 2.16 bits per heavy atom. The number of aliphatic carboxylic acids is 1. The molecule has 1 aromatic carbocycles. The molecule has 0 aliphatic rings. The van der Waals surface area contributed by atoms with Crippen LogP contribution in [-0.2, 0) is 30.4 Å². The molecule has 1 aromatic heterocycles. The van der Waals surface area contributed by atoms with E-state index in [0.717, 1.165) is 16.5 Å². The highest BCUT2D eigenvalue weighted by molar-refractivity contribution is 5.95. The third-order valence-electron chi connectivity index (χ3n) is 6.91. The van der Waals surface area contributed by atoms with Gasteiger partial charge in [0.25, 0.3) is 0 Å². The third-order valence-corrected chi connectivity index (χ3v) is 6.91. The van der Waals surface area contributed by atoms with E-state index in [1.54, 1.807) is 6.20 Å². The summed E-state index contributed by atoms with van der Waals surface area (Å²) < 4.78 is 0. The van der Waals surface area contributed by atoms with E-state index >= 15 is 0 Å². The molecule has 0 aliphatic heterocycles. The number of aromatic amines is 1. The van der Waals surface area contributed by atoms with Crippen LogP contribution in [0.15, 0.2) is 35.5 Å². The van der Waals surface area contributed by atoms with E-state index in [2.05, 4.69) is 25.9 Å². The monoisotopic (exact) mass is 616 g/mol. The second-order valence-corrected chi connectivity index (χ2v) is 10.4. The number of para-hydroxylation sites is 1. The van der Waals surface area contributed by atoms with Crippen molar-refractivity contribution in [2.45, 2.75) is 75.5 Å². The van der Waals surface area contributed by atoms with E-state index in [-0.39, 0.29) is 44.6 Å². The van der Waals surface area contributed by atoms with Crippen molar-refractivity contribution in [3.8, 4) is 0 Å². The van der Waals surface area contributed by atoms with Crippen molar-refractivity contribution >= 4 is 46.5 Å². The Hall–Kier alpha value is -4.70. The van der Waals surface area contributed by atoms with Crippen LogP contribution < -0.4 is 44.6 Å². The summed E-state index contributed by atoms with van der Waals surface area (Å²) >= 11 is 0. The van der Waals surface area contributed by atoms with Crippen molar-refractivity contribution in [3.05, 3.63) is 36.0 Å². The third kappa shape index (κ3) is 11.9. The summed E-state index contributed by atoms with van der Waals surface area (Å²) in [5, 5.41) is 18.1. The molecule has 4 amide bonds. The number of rotatable bonds is 20. The molecule has 16 heteroatoms. The van der Waals surface area contributed by atoms with Gasteiger partial charge in [0.1, 0.15) is 18.1 Å². The minimum absolute atomic E-state index is 0.0653. The van der Waals surface area contributed by atoms with Gasteiger partial charge in [-0.3, -0.25) is 24.2 Å². The number of primary amides is 1. The number of nitrogens with zero attached hydrogens (tertiary/aromatic N) is 1. The molecule has 1 heterocycles. The molecule has 0 radical (unpaired) electrons. The largest absolute Gasteiger partial charge is 0.480 e. The fraction of sp³-hybridized carbons (Fsp3) is 0.500. The summed E-state index contributed by atoms with van der Waals surface area (Å²) in [4.78, 5) is 69.8. The Morgan fingerprint density at radius 2 is 1.50 bits per heavy atom. The van der Waals surface area contributed by atoms with Crippen molar-refractivity contribution in [2.24, 2.45) is 33.7 Å². The number of carbonyl (C=O) groups excluding carboxylic acids is 4. The normalized spacial score (nSPS) is 13.7. The molecule has 0 saturated heterocycles. The minimum atomic E-state index is -1.40. The molecule has 0 saturated carbocycles. The second-order valence-electron chi connectivity index (χ2n) is 10.4. The van der Waals surface area contributed by atoms with E-state index in [9.17, 15) is 29.1 Å². The molecule has 2 rings (SSSR count). The Labute approximate surface area is 254 Å². The summed E-state index contributed by atoms with van der Waals surface area (Å²) in [6.45, 7) is 0.623. The lowest BCUT2D eigenvalue weighted by molar-refractivity contribution is -0.142. The van der Waals surface area contributed by atoms with Crippen molar-refractivity contribution < 1.29 is 29.1 Å². The Morgan fingerprint density at radius 1 is 0.841 bits per heavy atom. The quantitative estimate of drug-likeness (QED) is 0.0444. The summed E-state index contributed by atoms with van der Waals surface area (Å²) in [6.07, 6.45) is 3.14. The molecule has 0 spiro atoms. The van der Waals surface area contributed by atoms with E-state index in [1.807, 2.05) is 24.3 Å². The predicted molar refractivity (Wildman–Crippen MR) is 165 cm³/mol. The molecule has 2 aromatic rings. The zero-order valence-electron chi connectivity index (χ0n) is 24.6. The second kappa shape index (κ2) is 18.1. The van der Waals surface area contributed by atoms with Gasteiger partial charge in [-0.25, -0.2) is 4.79 Å². The van der Waals surface area contributed by atoms with E-state index in [0.29, 0.717) is 25.8 Å². The number of carbonyl (C=O) groups is 5. The fourth-order valence-corrected chi connectivity index (χ4v) is 4.51. The van der Waals surface area contributed by atoms with E-state index < -0.39 is 53.8 Å². The number of guanidine groups is 1. The molecule has 0 aliphatic carbocycles. The van der Waals surface area contributed by atoms with Crippen LogP contribution in [0.3, 0.4) is 0 Å². The summed E-state index contributed by atoms with van der Waals surface area (Å²) in [5.74, 6) is -4.18. The first-order valence-corrected chi connectivity index (χ1v) is 14.4. The number of fused-ring (bicyclic) bond motifs is 1. The molecule has 15 N–H and O–H groups in total. The van der Waals surface area contributed by atoms with Gasteiger partial charge in [-0.1, -0.05) is 18.2 Å². The van der Waals surface area contributed by atoms with Crippen molar-refractivity contribution in [2.75, 3.05) is 13.1 Å². The van der Waals surface area contributed by atoms with Gasteiger partial charge < -0.3 is 54.7 Å². The number of benzene rings is 1. The average molecular weight is 617 g/mol. The van der Waals surface area contributed by atoms with Gasteiger partial charge in [-0.15, -0.1) is 0 Å². The van der Waals surface area contributed by atoms with Crippen LogP contribution in [0.4, 0.5) is 0 Å². The highest BCUT2D eigenvalue weighted by atomic mass is 16.4. The zero-order valence-corrected chi connectivity index (χ0v) is 24.6. The van der Waals surface area contributed by atoms with Gasteiger partial charge in [-0.2, -0.15) is 0 Å². The number of hydrogen-bond donors (Lipinski definition) is 10. The molecule has 44 heavy (non-hydrogen) atoms. The number of carboxylic acid groups (broad SMARTS) is 1. The molecule has 242 valence electrons. The SMILES string of the molecule is NCCCCC(NC(=O)C(Cc1c[nH]c2ccccc12)NC(=O)C(N)CCCN=C(N)N)C(=O)NC(CCC(N)=O)C(=O)O. The Bertz CT molecular complexity index is 1310. The molecular formula is C28H44N10O6. The predicted octanol–water partition coefficient (Wildman–Crippen LogP) is -1.98. The maximum Gasteiger partial charge on any atom is 0.326 e. The van der Waals surface area contributed by atoms with Crippen molar-refractivity contribution in [1.82, 2.24) is 20.9 Å². The van der Waals surface area contributed by atoms with Crippen LogP contribution in [-0.4, -0.2) is 82.9 Å². The fourth-order valence-electron chi connectivity index (χ4n) is 4.51. The van der Waals surface area contributed by atoms with Crippen LogP contribution >= 0.6 is 0 Å². The number of unbranched alkanes of at least 4 members (excludes halogenated alkanes) is 1. The van der Waals surface area contributed by atoms with Gasteiger partial charge >= 0.3 is 5.97 Å². The lowest BCUT2D eigenvalue weighted by atomic mass is 10.0. The topological polar surface area (TPSA) is 300 Å². The molecule has 4 unspecified atom stereocenters. The summed E-state index contributed by atoms with van der Waals surface area (Å²) in [7, 11) is 0. The summed E-state index contributed by atoms with van der Waals surface area (Å²) in [5.41, 5.74) is 29.0. The number of aliphatic imine (C=N–C) groups is 1. The summed E-state index contributed by atoms with van der Waals surface area (Å²) in [6, 6.07) is 2.78. The lowest BCUT2D eigenvalue weighted by Gasteiger charge is -2.25. The first-order valence-electron chi connectivity index (χ1n) is 14.4. The molecule has 4 atom stereocenters. The van der Waals surface area contributed by atoms with Crippen LogP contribution in [0.1, 0.15) is 50.5 Å². The Balaban J connectivity index is 2.26. The van der Waals surface area contributed by atoms with Crippen molar-refractivity contribution in [3.63, 3.8) is 0 Å². The number of aromatic nitrogens is 1. The number of hydrogen-bond acceptors (Lipinski definition) is 8. The number of amides is 4. The number of carboxylic acids is 1. The van der Waals surface area contributed by atoms with Gasteiger partial charge in [0.2, 0.25) is 23.6 Å².